The number of hydrazine groups is 1. The summed E-state index contributed by atoms with van der Waals surface area (Å²) in [5, 5.41) is 0. The second kappa shape index (κ2) is 5.03. The van der Waals surface area contributed by atoms with Crippen LogP contribution >= 0.6 is 0 Å². The summed E-state index contributed by atoms with van der Waals surface area (Å²) in [5.74, 6) is 5.94. The normalized spacial score (nSPS) is 15.8. The molecule has 5 nitrogen and oxygen atoms in total. The van der Waals surface area contributed by atoms with Gasteiger partial charge in [-0.2, -0.15) is 0 Å². The highest BCUT2D eigenvalue weighted by Gasteiger charge is 2.21. The van der Waals surface area contributed by atoms with Crippen molar-refractivity contribution in [1.82, 2.24) is 4.72 Å². The first-order chi connectivity index (χ1) is 8.12. The fourth-order valence-corrected chi connectivity index (χ4v) is 2.67. The van der Waals surface area contributed by atoms with Gasteiger partial charge in [-0.05, 0) is 36.6 Å². The molecule has 0 spiro atoms. The third kappa shape index (κ3) is 3.42. The summed E-state index contributed by atoms with van der Waals surface area (Å²) in [6.07, 6.45) is 3.40. The van der Waals surface area contributed by atoms with Crippen LogP contribution in [0.15, 0.2) is 29.2 Å². The maximum atomic E-state index is 11.9. The molecule has 0 atom stereocenters. The number of nitrogen functional groups attached to an aromatic ring is 1. The topological polar surface area (TPSA) is 84.2 Å². The van der Waals surface area contributed by atoms with E-state index < -0.39 is 10.0 Å². The number of hydrogen-bond acceptors (Lipinski definition) is 4. The van der Waals surface area contributed by atoms with Crippen LogP contribution in [0.1, 0.15) is 19.3 Å². The van der Waals surface area contributed by atoms with Crippen LogP contribution in [-0.2, 0) is 10.0 Å². The predicted octanol–water partition coefficient (Wildman–Crippen LogP) is 1.05. The van der Waals surface area contributed by atoms with Crippen molar-refractivity contribution in [2.75, 3.05) is 12.0 Å². The summed E-state index contributed by atoms with van der Waals surface area (Å²) < 4.78 is 26.3. The average Bonchev–Trinajstić information content (AvgIpc) is 3.13. The third-order valence-electron chi connectivity index (χ3n) is 2.87. The SMILES string of the molecule is NNc1ccc(S(=O)(=O)NCCC2CC2)cc1. The molecule has 0 unspecified atom stereocenters. The number of anilines is 1. The third-order valence-corrected chi connectivity index (χ3v) is 4.35. The average molecular weight is 255 g/mol. The fourth-order valence-electron chi connectivity index (χ4n) is 1.62. The van der Waals surface area contributed by atoms with Crippen LogP contribution in [0.5, 0.6) is 0 Å². The molecule has 0 amide bonds. The Labute approximate surface area is 101 Å². The minimum Gasteiger partial charge on any atom is -0.324 e. The summed E-state index contributed by atoms with van der Waals surface area (Å²) in [7, 11) is -3.37. The molecule has 0 aromatic heterocycles. The van der Waals surface area contributed by atoms with Gasteiger partial charge < -0.3 is 5.43 Å². The molecule has 1 saturated carbocycles. The van der Waals surface area contributed by atoms with Crippen molar-refractivity contribution in [1.29, 1.82) is 0 Å². The summed E-state index contributed by atoms with van der Waals surface area (Å²) in [5.41, 5.74) is 3.14. The largest absolute Gasteiger partial charge is 0.324 e. The fraction of sp³-hybridized carbons (Fsp3) is 0.455. The Morgan fingerprint density at radius 1 is 1.24 bits per heavy atom. The van der Waals surface area contributed by atoms with Crippen LogP contribution in [0.4, 0.5) is 5.69 Å². The van der Waals surface area contributed by atoms with Gasteiger partial charge in [0.05, 0.1) is 4.90 Å². The van der Waals surface area contributed by atoms with E-state index in [0.29, 0.717) is 12.2 Å². The Bertz CT molecular complexity index is 466. The van der Waals surface area contributed by atoms with Crippen molar-refractivity contribution in [2.45, 2.75) is 24.2 Å². The maximum Gasteiger partial charge on any atom is 0.240 e. The van der Waals surface area contributed by atoms with E-state index in [0.717, 1.165) is 12.3 Å². The smallest absolute Gasteiger partial charge is 0.240 e. The molecule has 4 N–H and O–H groups in total. The number of sulfonamides is 1. The Kier molecular flexibility index (Phi) is 3.66. The number of nitrogens with two attached hydrogens (primary N) is 1. The van der Waals surface area contributed by atoms with Crippen molar-refractivity contribution in [3.05, 3.63) is 24.3 Å². The van der Waals surface area contributed by atoms with Gasteiger partial charge in [-0.25, -0.2) is 13.1 Å². The minimum atomic E-state index is -3.37. The molecule has 94 valence electrons. The zero-order chi connectivity index (χ0) is 12.3. The highest BCUT2D eigenvalue weighted by Crippen LogP contribution is 2.31. The van der Waals surface area contributed by atoms with Gasteiger partial charge in [0, 0.05) is 12.2 Å². The summed E-state index contributed by atoms with van der Waals surface area (Å²) >= 11 is 0. The van der Waals surface area contributed by atoms with Crippen LogP contribution in [-0.4, -0.2) is 15.0 Å². The van der Waals surface area contributed by atoms with Gasteiger partial charge in [-0.3, -0.25) is 5.84 Å². The first kappa shape index (κ1) is 12.3. The van der Waals surface area contributed by atoms with Gasteiger partial charge in [0.2, 0.25) is 10.0 Å². The molecule has 1 aliphatic rings. The molecule has 0 aliphatic heterocycles. The molecular weight excluding hydrogens is 238 g/mol. The molecule has 17 heavy (non-hydrogen) atoms. The van der Waals surface area contributed by atoms with Crippen molar-refractivity contribution >= 4 is 15.7 Å². The van der Waals surface area contributed by atoms with Gasteiger partial charge in [-0.1, -0.05) is 12.8 Å². The van der Waals surface area contributed by atoms with Gasteiger partial charge in [-0.15, -0.1) is 0 Å². The van der Waals surface area contributed by atoms with Gasteiger partial charge in [0.1, 0.15) is 0 Å². The molecule has 1 aromatic rings. The van der Waals surface area contributed by atoms with E-state index in [1.807, 2.05) is 0 Å². The summed E-state index contributed by atoms with van der Waals surface area (Å²) in [4.78, 5) is 0.271. The van der Waals surface area contributed by atoms with E-state index in [1.165, 1.54) is 25.0 Å². The summed E-state index contributed by atoms with van der Waals surface area (Å²) in [6.45, 7) is 0.518. The maximum absolute atomic E-state index is 11.9. The van der Waals surface area contributed by atoms with E-state index >= 15 is 0 Å². The van der Waals surface area contributed by atoms with Gasteiger partial charge in [0.15, 0.2) is 0 Å². The standard InChI is InChI=1S/C11H17N3O2S/c12-14-10-3-5-11(6-4-10)17(15,16)13-8-7-9-1-2-9/h3-6,9,13-14H,1-2,7-8,12H2. The van der Waals surface area contributed by atoms with E-state index in [9.17, 15) is 8.42 Å². The van der Waals surface area contributed by atoms with Crippen molar-refractivity contribution in [3.8, 4) is 0 Å². The van der Waals surface area contributed by atoms with Crippen molar-refractivity contribution in [3.63, 3.8) is 0 Å². The molecule has 0 bridgehead atoms. The lowest BCUT2D eigenvalue weighted by Gasteiger charge is -2.07. The van der Waals surface area contributed by atoms with Crippen LogP contribution in [0.3, 0.4) is 0 Å². The first-order valence-electron chi connectivity index (χ1n) is 5.68. The number of nitrogens with one attached hydrogen (secondary N) is 2. The highest BCUT2D eigenvalue weighted by molar-refractivity contribution is 7.89. The zero-order valence-electron chi connectivity index (χ0n) is 9.52. The van der Waals surface area contributed by atoms with Crippen LogP contribution in [0, 0.1) is 5.92 Å². The molecule has 0 saturated heterocycles. The second-order valence-electron chi connectivity index (χ2n) is 4.30. The minimum absolute atomic E-state index is 0.271. The number of benzene rings is 1. The Morgan fingerprint density at radius 3 is 2.41 bits per heavy atom. The number of rotatable bonds is 6. The molecule has 0 radical (unpaired) electrons. The number of hydrogen-bond donors (Lipinski definition) is 3. The van der Waals surface area contributed by atoms with Crippen LogP contribution < -0.4 is 16.0 Å². The quantitative estimate of drug-likeness (QED) is 0.524. The lowest BCUT2D eigenvalue weighted by atomic mass is 10.3. The van der Waals surface area contributed by atoms with Gasteiger partial charge in [0.25, 0.3) is 0 Å². The predicted molar refractivity (Wildman–Crippen MR) is 66.8 cm³/mol. The van der Waals surface area contributed by atoms with E-state index in [1.54, 1.807) is 12.1 Å². The molecule has 0 heterocycles. The molecular formula is C11H17N3O2S. The highest BCUT2D eigenvalue weighted by atomic mass is 32.2. The molecule has 1 aliphatic carbocycles. The zero-order valence-corrected chi connectivity index (χ0v) is 10.3. The Hall–Kier alpha value is -1.11. The Balaban J connectivity index is 1.96. The Morgan fingerprint density at radius 2 is 1.88 bits per heavy atom. The van der Waals surface area contributed by atoms with Crippen LogP contribution in [0.2, 0.25) is 0 Å². The summed E-state index contributed by atoms with van der Waals surface area (Å²) in [6, 6.07) is 6.34. The van der Waals surface area contributed by atoms with Gasteiger partial charge >= 0.3 is 0 Å². The van der Waals surface area contributed by atoms with E-state index in [-0.39, 0.29) is 4.90 Å². The first-order valence-corrected chi connectivity index (χ1v) is 7.16. The second-order valence-corrected chi connectivity index (χ2v) is 6.07. The van der Waals surface area contributed by atoms with Crippen molar-refractivity contribution < 1.29 is 8.42 Å². The molecule has 1 fully saturated rings. The van der Waals surface area contributed by atoms with Crippen LogP contribution in [0.25, 0.3) is 0 Å². The van der Waals surface area contributed by atoms with E-state index in [4.69, 9.17) is 5.84 Å². The molecule has 2 rings (SSSR count). The molecule has 1 aromatic carbocycles. The lowest BCUT2D eigenvalue weighted by Crippen LogP contribution is -2.25. The van der Waals surface area contributed by atoms with Crippen molar-refractivity contribution in [2.24, 2.45) is 11.8 Å². The monoisotopic (exact) mass is 255 g/mol. The molecule has 6 heteroatoms. The lowest BCUT2D eigenvalue weighted by molar-refractivity contribution is 0.575. The van der Waals surface area contributed by atoms with E-state index in [2.05, 4.69) is 10.1 Å².